The Bertz CT molecular complexity index is 97.9. The highest BCUT2D eigenvalue weighted by atomic mass is 35.5. The predicted octanol–water partition coefficient (Wildman–Crippen LogP) is 1.25. The summed E-state index contributed by atoms with van der Waals surface area (Å²) in [6.07, 6.45) is -4.98. The van der Waals surface area contributed by atoms with Crippen molar-refractivity contribution in [3.05, 3.63) is 0 Å². The third kappa shape index (κ3) is 2.02. The van der Waals surface area contributed by atoms with Crippen LogP contribution in [0, 0.1) is 0 Å². The summed E-state index contributed by atoms with van der Waals surface area (Å²) in [5.41, 5.74) is 0. The molecule has 0 amide bonds. The van der Waals surface area contributed by atoms with Crippen LogP contribution in [0.4, 0.5) is 13.2 Å². The van der Waals surface area contributed by atoms with Gasteiger partial charge in [-0.3, -0.25) is 0 Å². The van der Waals surface area contributed by atoms with Gasteiger partial charge in [-0.25, -0.2) is 4.79 Å². The zero-order valence-electron chi connectivity index (χ0n) is 3.33. The van der Waals surface area contributed by atoms with Crippen molar-refractivity contribution in [3.8, 4) is 0 Å². The van der Waals surface area contributed by atoms with Crippen LogP contribution in [-0.4, -0.2) is 12.1 Å². The maximum atomic E-state index is 10.9. The first-order valence-electron chi connectivity index (χ1n) is 1.38. The number of hydrogen-bond acceptors (Lipinski definition) is 2. The van der Waals surface area contributed by atoms with E-state index in [2.05, 4.69) is 16.2 Å². The SMILES string of the molecule is O=C(OCl)C(F)(F)F. The van der Waals surface area contributed by atoms with E-state index in [-0.39, 0.29) is 0 Å². The molecule has 0 radical (unpaired) electrons. The maximum absolute atomic E-state index is 10.9. The fourth-order valence-corrected chi connectivity index (χ4v) is 0.131. The summed E-state index contributed by atoms with van der Waals surface area (Å²) in [5, 5.41) is 0. The molecule has 8 heavy (non-hydrogen) atoms. The summed E-state index contributed by atoms with van der Waals surface area (Å²) in [4.78, 5) is 9.35. The molecule has 2 nitrogen and oxygen atoms in total. The molecule has 0 aromatic heterocycles. The quantitative estimate of drug-likeness (QED) is 0.517. The second kappa shape index (κ2) is 2.21. The molecule has 0 saturated heterocycles. The van der Waals surface area contributed by atoms with E-state index >= 15 is 0 Å². The van der Waals surface area contributed by atoms with Crippen LogP contribution in [0.25, 0.3) is 0 Å². The normalized spacial score (nSPS) is 11.0. The first-order chi connectivity index (χ1) is 3.48. The zero-order valence-corrected chi connectivity index (χ0v) is 4.08. The minimum absolute atomic E-state index is 2.40. The Morgan fingerprint density at radius 3 is 1.88 bits per heavy atom. The molecule has 0 heterocycles. The molecule has 0 fully saturated rings. The molecule has 0 N–H and O–H groups in total. The van der Waals surface area contributed by atoms with E-state index in [1.807, 2.05) is 0 Å². The van der Waals surface area contributed by atoms with E-state index in [1.54, 1.807) is 0 Å². The lowest BCUT2D eigenvalue weighted by molar-refractivity contribution is -0.189. The van der Waals surface area contributed by atoms with E-state index in [4.69, 9.17) is 0 Å². The summed E-state index contributed by atoms with van der Waals surface area (Å²) in [6, 6.07) is 0. The number of carbonyl (C=O) groups excluding carboxylic acids is 1. The van der Waals surface area contributed by atoms with E-state index in [1.165, 1.54) is 0 Å². The number of rotatable bonds is 0. The third-order valence-corrected chi connectivity index (χ3v) is 0.442. The van der Waals surface area contributed by atoms with Crippen LogP contribution in [0.15, 0.2) is 0 Å². The second-order valence-electron chi connectivity index (χ2n) is 0.862. The van der Waals surface area contributed by atoms with Gasteiger partial charge in [-0.1, -0.05) is 0 Å². The summed E-state index contributed by atoms with van der Waals surface area (Å²) in [7, 11) is 0. The molecule has 48 valence electrons. The van der Waals surface area contributed by atoms with Crippen LogP contribution < -0.4 is 0 Å². The van der Waals surface area contributed by atoms with Gasteiger partial charge in [0.15, 0.2) is 0 Å². The van der Waals surface area contributed by atoms with Crippen LogP contribution in [0.1, 0.15) is 0 Å². The van der Waals surface area contributed by atoms with Crippen LogP contribution in [0.3, 0.4) is 0 Å². The maximum Gasteiger partial charge on any atom is 0.492 e. The largest absolute Gasteiger partial charge is 0.492 e. The topological polar surface area (TPSA) is 26.3 Å². The van der Waals surface area contributed by atoms with Crippen molar-refractivity contribution in [2.75, 3.05) is 0 Å². The molecule has 0 unspecified atom stereocenters. The molecule has 0 aromatic carbocycles. The molecular formula is C2ClF3O2. The Morgan fingerprint density at radius 1 is 1.50 bits per heavy atom. The molecule has 0 aliphatic rings. The Balaban J connectivity index is 3.82. The third-order valence-electron chi connectivity index (χ3n) is 0.302. The second-order valence-corrected chi connectivity index (χ2v) is 1.02. The summed E-state index contributed by atoms with van der Waals surface area (Å²) in [6.45, 7) is 0. The summed E-state index contributed by atoms with van der Waals surface area (Å²) < 4.78 is 35.5. The van der Waals surface area contributed by atoms with Gasteiger partial charge >= 0.3 is 12.1 Å². The molecule has 0 rings (SSSR count). The molecular weight excluding hydrogens is 148 g/mol. The first kappa shape index (κ1) is 7.55. The number of halogens is 4. The van der Waals surface area contributed by atoms with E-state index in [0.717, 1.165) is 0 Å². The molecule has 0 spiro atoms. The van der Waals surface area contributed by atoms with Crippen molar-refractivity contribution in [2.45, 2.75) is 6.18 Å². The van der Waals surface area contributed by atoms with E-state index in [0.29, 0.717) is 0 Å². The molecule has 0 atom stereocenters. The van der Waals surface area contributed by atoms with Gasteiger partial charge in [-0.2, -0.15) is 13.2 Å². The van der Waals surface area contributed by atoms with Crippen LogP contribution in [0.2, 0.25) is 0 Å². The van der Waals surface area contributed by atoms with Crippen molar-refractivity contribution in [1.82, 2.24) is 0 Å². The first-order valence-corrected chi connectivity index (χ1v) is 1.69. The smallest absolute Gasteiger partial charge is 0.340 e. The van der Waals surface area contributed by atoms with E-state index in [9.17, 15) is 18.0 Å². The highest BCUT2D eigenvalue weighted by Gasteiger charge is 2.41. The van der Waals surface area contributed by atoms with Gasteiger partial charge in [0.1, 0.15) is 11.9 Å². The Hall–Kier alpha value is -0.450. The van der Waals surface area contributed by atoms with Crippen LogP contribution in [0.5, 0.6) is 0 Å². The van der Waals surface area contributed by atoms with Crippen molar-refractivity contribution in [2.24, 2.45) is 0 Å². The highest BCUT2D eigenvalue weighted by Crippen LogP contribution is 2.16. The van der Waals surface area contributed by atoms with Crippen LogP contribution >= 0.6 is 11.9 Å². The molecule has 6 heteroatoms. The fraction of sp³-hybridized carbons (Fsp3) is 0.500. The lowest BCUT2D eigenvalue weighted by atomic mass is 10.7. The van der Waals surface area contributed by atoms with Crippen molar-refractivity contribution in [3.63, 3.8) is 0 Å². The molecule has 0 saturated carbocycles. The number of hydrogen-bond donors (Lipinski definition) is 0. The van der Waals surface area contributed by atoms with Gasteiger partial charge in [0, 0.05) is 0 Å². The van der Waals surface area contributed by atoms with Crippen LogP contribution in [-0.2, 0) is 9.08 Å². The Labute approximate surface area is 47.4 Å². The number of carbonyl (C=O) groups is 1. The number of alkyl halides is 3. The van der Waals surface area contributed by atoms with Gasteiger partial charge in [0.05, 0.1) is 0 Å². The van der Waals surface area contributed by atoms with Gasteiger partial charge in [0.2, 0.25) is 0 Å². The average Bonchev–Trinajstić information content (AvgIpc) is 1.62. The Kier molecular flexibility index (Phi) is 2.09. The molecule has 0 bridgehead atoms. The molecule has 0 aliphatic carbocycles. The summed E-state index contributed by atoms with van der Waals surface area (Å²) in [5.74, 6) is -2.40. The molecule has 0 aliphatic heterocycles. The predicted molar refractivity (Wildman–Crippen MR) is 18.0 cm³/mol. The fourth-order valence-electron chi connectivity index (χ4n) is 0.0437. The van der Waals surface area contributed by atoms with Crippen molar-refractivity contribution in [1.29, 1.82) is 0 Å². The Morgan fingerprint density at radius 2 is 1.88 bits per heavy atom. The minimum atomic E-state index is -4.98. The standard InChI is InChI=1S/C2ClF3O2/c3-8-1(7)2(4,5)6. The van der Waals surface area contributed by atoms with Gasteiger partial charge in [-0.15, -0.1) is 0 Å². The van der Waals surface area contributed by atoms with Gasteiger partial charge in [-0.05, 0) is 0 Å². The van der Waals surface area contributed by atoms with Crippen molar-refractivity contribution >= 4 is 17.8 Å². The molecule has 0 aromatic rings. The lowest BCUT2D eigenvalue weighted by Crippen LogP contribution is -2.22. The highest BCUT2D eigenvalue weighted by molar-refractivity contribution is 6.13. The van der Waals surface area contributed by atoms with Gasteiger partial charge in [0.25, 0.3) is 0 Å². The average molecular weight is 148 g/mol. The van der Waals surface area contributed by atoms with E-state index < -0.39 is 12.1 Å². The van der Waals surface area contributed by atoms with Gasteiger partial charge < -0.3 is 4.29 Å². The minimum Gasteiger partial charge on any atom is -0.340 e. The lowest BCUT2D eigenvalue weighted by Gasteiger charge is -1.97. The summed E-state index contributed by atoms with van der Waals surface area (Å²) >= 11 is 4.07. The van der Waals surface area contributed by atoms with Crippen molar-refractivity contribution < 1.29 is 22.3 Å². The zero-order chi connectivity index (χ0) is 6.78. The monoisotopic (exact) mass is 148 g/mol.